The van der Waals surface area contributed by atoms with Gasteiger partial charge in [0.25, 0.3) is 0 Å². The number of hydrogen-bond acceptors (Lipinski definition) is 18. The Bertz CT molecular complexity index is 1590. The standard InChI is InChI=1S/C45H74O18/c1-18-6-11-45(58-15-18)19(2)30-27(63-45)14-24-22-13-26(46)25-12-21(7-9-43(25,4)23(22)8-10-44(24,30)5)60-42-39(55)36(52)33(49)29(62-42)17-57-41-38(54)35(51)32(48)28(61-41)16-56-40-37(53)34(50)31(47)20(3)59-40/h18-42,46-55H,6-17H2,1-5H3. The van der Waals surface area contributed by atoms with Crippen LogP contribution in [-0.4, -0.2) is 187 Å². The van der Waals surface area contributed by atoms with Crippen LogP contribution < -0.4 is 0 Å². The van der Waals surface area contributed by atoms with E-state index in [0.29, 0.717) is 54.8 Å². The van der Waals surface area contributed by atoms with Crippen molar-refractivity contribution in [3.63, 3.8) is 0 Å². The van der Waals surface area contributed by atoms with Gasteiger partial charge in [-0.1, -0.05) is 27.7 Å². The molecule has 9 rings (SSSR count). The van der Waals surface area contributed by atoms with Gasteiger partial charge in [0, 0.05) is 12.3 Å². The average Bonchev–Trinajstić information content (AvgIpc) is 3.71. The molecule has 362 valence electrons. The van der Waals surface area contributed by atoms with Gasteiger partial charge in [0.2, 0.25) is 0 Å². The first kappa shape index (κ1) is 47.4. The lowest BCUT2D eigenvalue weighted by atomic mass is 9.43. The molecule has 28 atom stereocenters. The quantitative estimate of drug-likeness (QED) is 0.134. The maximum Gasteiger partial charge on any atom is 0.186 e. The number of aliphatic hydroxyl groups excluding tert-OH is 10. The van der Waals surface area contributed by atoms with Crippen LogP contribution in [0.25, 0.3) is 0 Å². The molecule has 10 N–H and O–H groups in total. The van der Waals surface area contributed by atoms with Crippen molar-refractivity contribution in [1.82, 2.24) is 0 Å². The van der Waals surface area contributed by atoms with E-state index in [-0.39, 0.29) is 22.9 Å². The summed E-state index contributed by atoms with van der Waals surface area (Å²) in [5.41, 5.74) is -0.00347. The summed E-state index contributed by atoms with van der Waals surface area (Å²) in [5, 5.41) is 107. The minimum atomic E-state index is -1.77. The van der Waals surface area contributed by atoms with E-state index in [1.54, 1.807) is 0 Å². The van der Waals surface area contributed by atoms with Gasteiger partial charge in [-0.25, -0.2) is 0 Å². The van der Waals surface area contributed by atoms with Crippen LogP contribution in [0.2, 0.25) is 0 Å². The van der Waals surface area contributed by atoms with Gasteiger partial charge in [0.1, 0.15) is 67.1 Å². The van der Waals surface area contributed by atoms with Gasteiger partial charge < -0.3 is 89.0 Å². The van der Waals surface area contributed by atoms with Crippen molar-refractivity contribution in [3.05, 3.63) is 0 Å². The van der Waals surface area contributed by atoms with Gasteiger partial charge in [0.05, 0.1) is 44.2 Å². The van der Waals surface area contributed by atoms with Crippen LogP contribution in [0.4, 0.5) is 0 Å². The lowest BCUT2D eigenvalue weighted by molar-refractivity contribution is -0.345. The summed E-state index contributed by atoms with van der Waals surface area (Å²) in [5.74, 6) is 2.06. The molecule has 28 unspecified atom stereocenters. The van der Waals surface area contributed by atoms with E-state index < -0.39 is 123 Å². The molecular weight excluding hydrogens is 828 g/mol. The third kappa shape index (κ3) is 7.98. The smallest absolute Gasteiger partial charge is 0.186 e. The molecule has 5 aliphatic heterocycles. The molecule has 18 nitrogen and oxygen atoms in total. The SMILES string of the molecule is CC1CCC2(OC1)OC1CC3C4CC(O)C5CC(OC6OC(COC7OC(COC8OC(C)C(O)C(O)C8O)C(O)C(O)C7O)C(O)C(O)C6O)CCC5(C)C4CCC3(C)C1C2C. The monoisotopic (exact) mass is 902 g/mol. The van der Waals surface area contributed by atoms with Crippen molar-refractivity contribution >= 4 is 0 Å². The molecule has 0 bridgehead atoms. The van der Waals surface area contributed by atoms with Crippen LogP contribution in [0.15, 0.2) is 0 Å². The fraction of sp³-hybridized carbons (Fsp3) is 1.00. The number of aliphatic hydroxyl groups is 10. The van der Waals surface area contributed by atoms with Crippen LogP contribution in [0.3, 0.4) is 0 Å². The Labute approximate surface area is 369 Å². The normalized spacial score (nSPS) is 59.4. The molecule has 9 fully saturated rings. The highest BCUT2D eigenvalue weighted by Crippen LogP contribution is 2.71. The van der Waals surface area contributed by atoms with Crippen LogP contribution in [0.5, 0.6) is 0 Å². The van der Waals surface area contributed by atoms with E-state index in [1.807, 2.05) is 0 Å². The molecule has 0 aromatic heterocycles. The van der Waals surface area contributed by atoms with E-state index in [4.69, 9.17) is 37.9 Å². The second-order valence-electron chi connectivity index (χ2n) is 21.7. The summed E-state index contributed by atoms with van der Waals surface area (Å²) in [4.78, 5) is 0. The predicted octanol–water partition coefficient (Wildman–Crippen LogP) is -0.735. The molecule has 9 aliphatic rings. The third-order valence-electron chi connectivity index (χ3n) is 18.2. The molecule has 4 aliphatic carbocycles. The Morgan fingerprint density at radius 3 is 1.78 bits per heavy atom. The second-order valence-corrected chi connectivity index (χ2v) is 21.7. The van der Waals surface area contributed by atoms with Crippen molar-refractivity contribution in [2.45, 2.75) is 209 Å². The van der Waals surface area contributed by atoms with Crippen LogP contribution >= 0.6 is 0 Å². The Hall–Kier alpha value is -0.720. The summed E-state index contributed by atoms with van der Waals surface area (Å²) in [7, 11) is 0. The molecule has 0 aromatic carbocycles. The van der Waals surface area contributed by atoms with Crippen LogP contribution in [-0.2, 0) is 37.9 Å². The first-order valence-corrected chi connectivity index (χ1v) is 23.8. The second kappa shape index (κ2) is 17.7. The number of ether oxygens (including phenoxy) is 8. The lowest BCUT2D eigenvalue weighted by Crippen LogP contribution is -2.63. The first-order chi connectivity index (χ1) is 29.8. The third-order valence-corrected chi connectivity index (χ3v) is 18.2. The maximum absolute atomic E-state index is 12.0. The molecule has 0 radical (unpaired) electrons. The van der Waals surface area contributed by atoms with Crippen molar-refractivity contribution < 1.29 is 89.0 Å². The molecule has 63 heavy (non-hydrogen) atoms. The summed E-state index contributed by atoms with van der Waals surface area (Å²) in [6, 6.07) is 0. The van der Waals surface area contributed by atoms with E-state index in [2.05, 4.69) is 27.7 Å². The maximum atomic E-state index is 12.0. The fourth-order valence-electron chi connectivity index (χ4n) is 14.5. The Morgan fingerprint density at radius 1 is 0.556 bits per heavy atom. The minimum absolute atomic E-state index is 0.0501. The van der Waals surface area contributed by atoms with Gasteiger partial charge in [0.15, 0.2) is 24.7 Å². The number of hydrogen-bond donors (Lipinski definition) is 10. The zero-order valence-electron chi connectivity index (χ0n) is 37.2. The Kier molecular flexibility index (Phi) is 13.3. The molecule has 5 heterocycles. The van der Waals surface area contributed by atoms with Crippen molar-refractivity contribution in [1.29, 1.82) is 0 Å². The highest BCUT2D eigenvalue weighted by molar-refractivity contribution is 5.16. The zero-order valence-corrected chi connectivity index (χ0v) is 37.2. The topological polar surface area (TPSA) is 276 Å². The van der Waals surface area contributed by atoms with E-state index in [0.717, 1.165) is 45.1 Å². The molecule has 5 saturated heterocycles. The summed E-state index contributed by atoms with van der Waals surface area (Å²) >= 11 is 0. The van der Waals surface area contributed by atoms with Gasteiger partial charge in [-0.15, -0.1) is 0 Å². The molecule has 18 heteroatoms. The fourth-order valence-corrected chi connectivity index (χ4v) is 14.5. The van der Waals surface area contributed by atoms with E-state index in [9.17, 15) is 51.1 Å². The van der Waals surface area contributed by atoms with Crippen molar-refractivity contribution in [2.24, 2.45) is 52.3 Å². The Balaban J connectivity index is 0.804. The largest absolute Gasteiger partial charge is 0.393 e. The van der Waals surface area contributed by atoms with E-state index >= 15 is 0 Å². The number of rotatable bonds is 8. The molecular formula is C45H74O18. The molecule has 0 aromatic rings. The predicted molar refractivity (Wildman–Crippen MR) is 216 cm³/mol. The van der Waals surface area contributed by atoms with Crippen LogP contribution in [0.1, 0.15) is 92.4 Å². The summed E-state index contributed by atoms with van der Waals surface area (Å²) in [6.07, 6.45) is -15.3. The highest BCUT2D eigenvalue weighted by atomic mass is 16.7. The highest BCUT2D eigenvalue weighted by Gasteiger charge is 2.70. The summed E-state index contributed by atoms with van der Waals surface area (Å²) in [6.45, 7) is 10.7. The first-order valence-electron chi connectivity index (χ1n) is 23.8. The molecule has 4 saturated carbocycles. The van der Waals surface area contributed by atoms with Gasteiger partial charge in [-0.3, -0.25) is 0 Å². The average molecular weight is 903 g/mol. The van der Waals surface area contributed by atoms with Gasteiger partial charge in [-0.2, -0.15) is 0 Å². The van der Waals surface area contributed by atoms with Gasteiger partial charge in [-0.05, 0) is 105 Å². The van der Waals surface area contributed by atoms with Crippen LogP contribution in [0, 0.1) is 52.3 Å². The van der Waals surface area contributed by atoms with Crippen molar-refractivity contribution in [2.75, 3.05) is 19.8 Å². The lowest BCUT2D eigenvalue weighted by Gasteiger charge is -2.62. The van der Waals surface area contributed by atoms with Gasteiger partial charge >= 0.3 is 0 Å². The Morgan fingerprint density at radius 2 is 1.14 bits per heavy atom. The summed E-state index contributed by atoms with van der Waals surface area (Å²) < 4.78 is 48.3. The van der Waals surface area contributed by atoms with E-state index in [1.165, 1.54) is 6.92 Å². The molecule has 0 amide bonds. The number of fused-ring (bicyclic) bond motifs is 7. The zero-order chi connectivity index (χ0) is 45.1. The van der Waals surface area contributed by atoms with Crippen molar-refractivity contribution in [3.8, 4) is 0 Å². The minimum Gasteiger partial charge on any atom is -0.393 e. The molecule has 1 spiro atoms.